The Kier molecular flexibility index (Phi) is 210. The molecular formula is H10CoN6O6-4. The number of nitrogens with zero attached hydrogens (tertiary/aromatic N) is 2. The summed E-state index contributed by atoms with van der Waals surface area (Å²) in [5.41, 5.74) is 0. The van der Waals surface area contributed by atoms with Gasteiger partial charge in [-0.05, 0) is 0 Å². The molecular weight excluding hydrogens is 239 g/mol. The van der Waals surface area contributed by atoms with E-state index in [1.165, 1.54) is 0 Å². The summed E-state index contributed by atoms with van der Waals surface area (Å²) in [6.07, 6.45) is 0. The summed E-state index contributed by atoms with van der Waals surface area (Å²) in [6, 6.07) is 0. The van der Waals surface area contributed by atoms with Crippen molar-refractivity contribution in [3.63, 3.8) is 0 Å². The minimum absolute atomic E-state index is 0. The van der Waals surface area contributed by atoms with E-state index in [1.54, 1.807) is 0 Å². The van der Waals surface area contributed by atoms with Gasteiger partial charge >= 0.3 is 0 Å². The predicted molar refractivity (Wildman–Crippen MR) is 38.7 cm³/mol. The maximum atomic E-state index is 8.36. The normalized spacial score (nSPS) is 3.69. The molecule has 0 aromatic rings. The molecule has 89 valence electrons. The molecule has 0 aromatic carbocycles. The van der Waals surface area contributed by atoms with Gasteiger partial charge in [0.1, 0.15) is 0 Å². The second kappa shape index (κ2) is 45.3. The van der Waals surface area contributed by atoms with Crippen LogP contribution >= 0.6 is 0 Å². The van der Waals surface area contributed by atoms with Crippen molar-refractivity contribution < 1.29 is 37.4 Å². The summed E-state index contributed by atoms with van der Waals surface area (Å²) in [5.74, 6) is 0. The molecule has 0 rings (SSSR count). The summed E-state index contributed by atoms with van der Waals surface area (Å²) in [5, 5.41) is 27.3. The van der Waals surface area contributed by atoms with Crippen LogP contribution in [0.15, 0.2) is 0 Å². The molecule has 0 bridgehead atoms. The van der Waals surface area contributed by atoms with Crippen molar-refractivity contribution in [3.8, 4) is 0 Å². The van der Waals surface area contributed by atoms with E-state index in [1.807, 2.05) is 0 Å². The molecule has 0 atom stereocenters. The Labute approximate surface area is 83.0 Å². The van der Waals surface area contributed by atoms with Crippen LogP contribution in [-0.2, 0) is 16.8 Å². The Bertz CT molecular complexity index is 75.1. The van der Waals surface area contributed by atoms with Crippen LogP contribution < -0.4 is 0 Å². The van der Waals surface area contributed by atoms with Crippen LogP contribution in [0.4, 0.5) is 0 Å². The van der Waals surface area contributed by atoms with Gasteiger partial charge in [-0.15, -0.1) is 20.2 Å². The maximum absolute atomic E-state index is 8.36. The molecule has 0 aliphatic rings. The SMILES string of the molecule is O=[N+]([O-])O.O=[N+]([O-])O.[Co].[NH2-].[NH2-].[NH2-].[NH2-]. The number of hydrogen-bond acceptors (Lipinski definition) is 4. The number of rotatable bonds is 0. The Morgan fingerprint density at radius 1 is 0.769 bits per heavy atom. The smallest absolute Gasteiger partial charge is 0.291 e. The Morgan fingerprint density at radius 2 is 0.769 bits per heavy atom. The Morgan fingerprint density at radius 3 is 0.769 bits per heavy atom. The minimum atomic E-state index is -1.50. The van der Waals surface area contributed by atoms with Gasteiger partial charge in [-0.25, -0.2) is 0 Å². The largest absolute Gasteiger partial charge is 0.693 e. The van der Waals surface area contributed by atoms with Crippen LogP contribution in [-0.4, -0.2) is 20.6 Å². The van der Waals surface area contributed by atoms with Gasteiger partial charge in [0, 0.05) is 16.8 Å². The van der Waals surface area contributed by atoms with Gasteiger partial charge in [-0.1, -0.05) is 0 Å². The van der Waals surface area contributed by atoms with Gasteiger partial charge in [0.2, 0.25) is 0 Å². The van der Waals surface area contributed by atoms with Crippen molar-refractivity contribution >= 4 is 0 Å². The number of hydrogen-bond donors (Lipinski definition) is 2. The molecule has 0 spiro atoms. The molecule has 0 saturated carbocycles. The van der Waals surface area contributed by atoms with Crippen LogP contribution in [0.25, 0.3) is 24.6 Å². The van der Waals surface area contributed by atoms with E-state index in [4.69, 9.17) is 30.6 Å². The van der Waals surface area contributed by atoms with Crippen LogP contribution in [0.3, 0.4) is 0 Å². The molecule has 0 aromatic heterocycles. The monoisotopic (exact) mass is 249 g/mol. The summed E-state index contributed by atoms with van der Waals surface area (Å²) < 4.78 is 0. The molecule has 10 N–H and O–H groups in total. The molecule has 0 heterocycles. The first-order chi connectivity index (χ1) is 3.46. The maximum Gasteiger partial charge on any atom is 0.291 e. The second-order valence-corrected chi connectivity index (χ2v) is 0.476. The fourth-order valence-electron chi connectivity index (χ4n) is 0. The number of nitrogens with two attached hydrogens (primary N) is 4. The molecule has 1 radical (unpaired) electrons. The molecule has 0 fully saturated rings. The molecule has 12 nitrogen and oxygen atoms in total. The molecule has 0 amide bonds. The first-order valence-corrected chi connectivity index (χ1v) is 1.13. The Balaban J connectivity index is -0.00000000800. The zero-order valence-corrected chi connectivity index (χ0v) is 7.11. The van der Waals surface area contributed by atoms with E-state index < -0.39 is 10.2 Å². The summed E-state index contributed by atoms with van der Waals surface area (Å²) in [6.45, 7) is 0. The first-order valence-electron chi connectivity index (χ1n) is 1.13. The third-order valence-electron chi connectivity index (χ3n) is 0. The third-order valence-corrected chi connectivity index (χ3v) is 0. The summed E-state index contributed by atoms with van der Waals surface area (Å²) >= 11 is 0. The van der Waals surface area contributed by atoms with Crippen molar-refractivity contribution in [2.45, 2.75) is 0 Å². The van der Waals surface area contributed by atoms with Crippen molar-refractivity contribution in [2.75, 3.05) is 0 Å². The van der Waals surface area contributed by atoms with E-state index in [-0.39, 0.29) is 41.4 Å². The average molecular weight is 249 g/mol. The van der Waals surface area contributed by atoms with Crippen LogP contribution in [0.1, 0.15) is 0 Å². The van der Waals surface area contributed by atoms with Crippen LogP contribution in [0, 0.1) is 20.2 Å². The molecule has 13 heteroatoms. The standard InChI is InChI=1S/Co.2HNO3.4H2N/c;2*2-1(3)4;;;;/h;2*(H,2,3,4);4*1H2/q;;;4*-1. The minimum Gasteiger partial charge on any atom is -0.693 e. The van der Waals surface area contributed by atoms with E-state index in [9.17, 15) is 0 Å². The van der Waals surface area contributed by atoms with Gasteiger partial charge in [0.25, 0.3) is 10.2 Å². The van der Waals surface area contributed by atoms with Crippen molar-refractivity contribution in [1.82, 2.24) is 0 Å². The van der Waals surface area contributed by atoms with Crippen molar-refractivity contribution in [3.05, 3.63) is 44.8 Å². The third kappa shape index (κ3) is 523. The topological polar surface area (TPSA) is 261 Å². The van der Waals surface area contributed by atoms with E-state index >= 15 is 0 Å². The van der Waals surface area contributed by atoms with Gasteiger partial charge in [0.05, 0.1) is 0 Å². The van der Waals surface area contributed by atoms with Gasteiger partial charge in [0.15, 0.2) is 0 Å². The summed E-state index contributed by atoms with van der Waals surface area (Å²) in [4.78, 5) is 16.7. The van der Waals surface area contributed by atoms with E-state index in [0.29, 0.717) is 0 Å². The molecule has 0 aliphatic heterocycles. The predicted octanol–water partition coefficient (Wildman–Crippen LogP) is 2.17. The molecule has 0 saturated heterocycles. The fourth-order valence-corrected chi connectivity index (χ4v) is 0. The zero-order chi connectivity index (χ0) is 7.15. The fraction of sp³-hybridized carbons (Fsp3) is 0. The zero-order valence-electron chi connectivity index (χ0n) is 6.06. The van der Waals surface area contributed by atoms with E-state index in [0.717, 1.165) is 0 Å². The van der Waals surface area contributed by atoms with Crippen molar-refractivity contribution in [1.29, 1.82) is 0 Å². The molecule has 0 aliphatic carbocycles. The molecule has 0 unspecified atom stereocenters. The van der Waals surface area contributed by atoms with Gasteiger partial charge in [-0.2, -0.15) is 0 Å². The Hall–Kier alpha value is -1.25. The first kappa shape index (κ1) is 60.2. The van der Waals surface area contributed by atoms with Crippen molar-refractivity contribution in [2.24, 2.45) is 0 Å². The average Bonchev–Trinajstić information content (AvgIpc) is 1.25. The van der Waals surface area contributed by atoms with Crippen LogP contribution in [0.2, 0.25) is 0 Å². The van der Waals surface area contributed by atoms with E-state index in [2.05, 4.69) is 0 Å². The van der Waals surface area contributed by atoms with Gasteiger partial charge in [-0.3, -0.25) is 0 Å². The summed E-state index contributed by atoms with van der Waals surface area (Å²) in [7, 11) is 0. The molecule has 13 heavy (non-hydrogen) atoms. The van der Waals surface area contributed by atoms with Gasteiger partial charge < -0.3 is 35.0 Å². The van der Waals surface area contributed by atoms with Crippen LogP contribution in [0.5, 0.6) is 0 Å². The second-order valence-electron chi connectivity index (χ2n) is 0.476. The quantitative estimate of drug-likeness (QED) is 0.478.